The van der Waals surface area contributed by atoms with E-state index in [0.29, 0.717) is 0 Å². The van der Waals surface area contributed by atoms with Gasteiger partial charge in [-0.1, -0.05) is 36.4 Å². The van der Waals surface area contributed by atoms with Gasteiger partial charge in [0.05, 0.1) is 5.54 Å². The summed E-state index contributed by atoms with van der Waals surface area (Å²) in [6, 6.07) is 13.6. The number of benzene rings is 2. The fraction of sp³-hybridized carbons (Fsp3) is 0.385. The van der Waals surface area contributed by atoms with Gasteiger partial charge in [0.1, 0.15) is 0 Å². The quantitative estimate of drug-likeness (QED) is 0.525. The summed E-state index contributed by atoms with van der Waals surface area (Å²) in [5.74, 6) is 0. The van der Waals surface area contributed by atoms with Crippen molar-refractivity contribution in [2.45, 2.75) is 50.4 Å². The minimum atomic E-state index is -0.229. The van der Waals surface area contributed by atoms with Crippen LogP contribution in [-0.4, -0.2) is 25.1 Å². The molecule has 0 bridgehead atoms. The third-order valence-electron chi connectivity index (χ3n) is 6.97. The van der Waals surface area contributed by atoms with Crippen molar-refractivity contribution >= 4 is 16.8 Å². The average molecular weight is 388 g/mol. The lowest BCUT2D eigenvalue weighted by Crippen LogP contribution is -2.41. The molecule has 3 heteroatoms. The minimum Gasteiger partial charge on any atom is -0.356 e. The van der Waals surface area contributed by atoms with E-state index in [4.69, 9.17) is 9.47 Å². The molecule has 2 aliphatic rings. The Morgan fingerprint density at radius 2 is 1.72 bits per heavy atom. The van der Waals surface area contributed by atoms with E-state index < -0.39 is 0 Å². The van der Waals surface area contributed by atoms with E-state index in [-0.39, 0.29) is 11.8 Å². The van der Waals surface area contributed by atoms with Crippen LogP contribution >= 0.6 is 0 Å². The molecule has 2 aromatic carbocycles. The second kappa shape index (κ2) is 7.47. The molecule has 2 aliphatic carbocycles. The average Bonchev–Trinajstić information content (AvgIpc) is 3.32. The summed E-state index contributed by atoms with van der Waals surface area (Å²) in [6.45, 7) is 0. The van der Waals surface area contributed by atoms with Crippen LogP contribution in [0.15, 0.2) is 54.9 Å². The van der Waals surface area contributed by atoms with Crippen LogP contribution in [-0.2, 0) is 27.9 Å². The summed E-state index contributed by atoms with van der Waals surface area (Å²) in [7, 11) is 3.48. The van der Waals surface area contributed by atoms with Gasteiger partial charge in [0, 0.05) is 33.0 Å². The number of ether oxygens (including phenoxy) is 2. The third-order valence-corrected chi connectivity index (χ3v) is 6.97. The lowest BCUT2D eigenvalue weighted by atomic mass is 9.72. The second-order valence-corrected chi connectivity index (χ2v) is 8.34. The van der Waals surface area contributed by atoms with E-state index in [1.54, 1.807) is 14.2 Å². The molecule has 1 aromatic heterocycles. The molecular weight excluding hydrogens is 358 g/mol. The maximum atomic E-state index is 5.66. The number of hydrogen-bond donors (Lipinski definition) is 0. The van der Waals surface area contributed by atoms with Gasteiger partial charge in [-0.15, -0.1) is 0 Å². The van der Waals surface area contributed by atoms with Gasteiger partial charge < -0.3 is 14.0 Å². The normalized spacial score (nSPS) is 20.8. The first-order chi connectivity index (χ1) is 14.3. The zero-order valence-electron chi connectivity index (χ0n) is 17.4. The van der Waals surface area contributed by atoms with Gasteiger partial charge >= 0.3 is 0 Å². The third kappa shape index (κ3) is 2.95. The molecule has 5 rings (SSSR count). The number of rotatable bonds is 5. The van der Waals surface area contributed by atoms with Crippen LogP contribution in [0.25, 0.3) is 16.8 Å². The molecule has 0 aliphatic heterocycles. The van der Waals surface area contributed by atoms with E-state index in [1.807, 2.05) is 0 Å². The zero-order valence-corrected chi connectivity index (χ0v) is 17.4. The Morgan fingerprint density at radius 3 is 2.52 bits per heavy atom. The number of methoxy groups -OCH3 is 2. The predicted octanol–water partition coefficient (Wildman–Crippen LogP) is 5.69. The molecule has 0 unspecified atom stereocenters. The highest BCUT2D eigenvalue weighted by molar-refractivity contribution is 5.93. The topological polar surface area (TPSA) is 23.4 Å². The van der Waals surface area contributed by atoms with Crippen LogP contribution in [0.4, 0.5) is 0 Å². The minimum absolute atomic E-state index is 0.141. The highest BCUT2D eigenvalue weighted by atomic mass is 16.7. The zero-order chi connectivity index (χ0) is 19.8. The molecule has 1 atom stereocenters. The first kappa shape index (κ1) is 18.7. The molecule has 150 valence electrons. The molecule has 0 radical (unpaired) electrons. The number of hydrogen-bond acceptors (Lipinski definition) is 2. The highest BCUT2D eigenvalue weighted by Crippen LogP contribution is 2.45. The van der Waals surface area contributed by atoms with E-state index >= 15 is 0 Å². The van der Waals surface area contributed by atoms with Crippen LogP contribution in [0.5, 0.6) is 0 Å². The van der Waals surface area contributed by atoms with E-state index in [2.05, 4.69) is 65.5 Å². The van der Waals surface area contributed by atoms with Crippen molar-refractivity contribution in [2.24, 2.45) is 0 Å². The Kier molecular flexibility index (Phi) is 4.81. The molecule has 0 saturated carbocycles. The molecule has 0 spiro atoms. The summed E-state index contributed by atoms with van der Waals surface area (Å²) in [4.78, 5) is 0. The van der Waals surface area contributed by atoms with E-state index in [0.717, 1.165) is 32.1 Å². The van der Waals surface area contributed by atoms with E-state index in [1.165, 1.54) is 39.4 Å². The van der Waals surface area contributed by atoms with Gasteiger partial charge in [0.15, 0.2) is 6.29 Å². The Balaban J connectivity index is 1.73. The smallest absolute Gasteiger partial charge is 0.159 e. The summed E-state index contributed by atoms with van der Waals surface area (Å²) < 4.78 is 13.7. The monoisotopic (exact) mass is 387 g/mol. The summed E-state index contributed by atoms with van der Waals surface area (Å²) in [5, 5.41) is 2.86. The number of aryl methyl sites for hydroxylation is 2. The van der Waals surface area contributed by atoms with Crippen LogP contribution in [0.3, 0.4) is 0 Å². The summed E-state index contributed by atoms with van der Waals surface area (Å²) in [6.07, 6.45) is 15.2. The largest absolute Gasteiger partial charge is 0.356 e. The molecule has 0 amide bonds. The fourth-order valence-corrected chi connectivity index (χ4v) is 5.56. The number of allylic oxidation sites excluding steroid dienone is 1. The van der Waals surface area contributed by atoms with Crippen molar-refractivity contribution < 1.29 is 9.47 Å². The van der Waals surface area contributed by atoms with Crippen molar-refractivity contribution in [1.82, 2.24) is 4.57 Å². The number of fused-ring (bicyclic) bond motifs is 5. The molecule has 29 heavy (non-hydrogen) atoms. The SMILES string of the molecule is COC(C[C@@]1(n2cccc2)CCCc2c1ccc1c3c(ccc21)C=CCC3)OC. The van der Waals surface area contributed by atoms with Crippen molar-refractivity contribution in [2.75, 3.05) is 14.2 Å². The predicted molar refractivity (Wildman–Crippen MR) is 118 cm³/mol. The van der Waals surface area contributed by atoms with Crippen molar-refractivity contribution in [1.29, 1.82) is 0 Å². The Bertz CT molecular complexity index is 1050. The highest BCUT2D eigenvalue weighted by Gasteiger charge is 2.40. The van der Waals surface area contributed by atoms with Crippen LogP contribution in [0.2, 0.25) is 0 Å². The molecular formula is C26H29NO2. The molecule has 0 saturated heterocycles. The van der Waals surface area contributed by atoms with Gasteiger partial charge in [0.2, 0.25) is 0 Å². The molecule has 0 N–H and O–H groups in total. The van der Waals surface area contributed by atoms with Gasteiger partial charge in [-0.25, -0.2) is 0 Å². The van der Waals surface area contributed by atoms with Gasteiger partial charge in [-0.2, -0.15) is 0 Å². The van der Waals surface area contributed by atoms with Crippen LogP contribution in [0.1, 0.15) is 47.9 Å². The lowest BCUT2D eigenvalue weighted by molar-refractivity contribution is -0.121. The van der Waals surface area contributed by atoms with Gasteiger partial charge in [-0.3, -0.25) is 0 Å². The van der Waals surface area contributed by atoms with Crippen molar-refractivity contribution in [3.63, 3.8) is 0 Å². The first-order valence-electron chi connectivity index (χ1n) is 10.7. The van der Waals surface area contributed by atoms with Gasteiger partial charge in [-0.05, 0) is 77.3 Å². The Morgan fingerprint density at radius 1 is 0.966 bits per heavy atom. The summed E-state index contributed by atoms with van der Waals surface area (Å²) >= 11 is 0. The number of aromatic nitrogens is 1. The molecule has 0 fully saturated rings. The molecule has 3 aromatic rings. The fourth-order valence-electron chi connectivity index (χ4n) is 5.56. The Hall–Kier alpha value is -2.36. The Labute approximate surface area is 172 Å². The second-order valence-electron chi connectivity index (χ2n) is 8.34. The van der Waals surface area contributed by atoms with Gasteiger partial charge in [0.25, 0.3) is 0 Å². The summed E-state index contributed by atoms with van der Waals surface area (Å²) in [5.41, 5.74) is 5.69. The molecule has 3 nitrogen and oxygen atoms in total. The maximum Gasteiger partial charge on any atom is 0.159 e. The first-order valence-corrected chi connectivity index (χ1v) is 10.7. The van der Waals surface area contributed by atoms with Crippen molar-refractivity contribution in [3.8, 4) is 0 Å². The maximum absolute atomic E-state index is 5.66. The number of nitrogens with zero attached hydrogens (tertiary/aromatic N) is 1. The lowest BCUT2D eigenvalue weighted by Gasteiger charge is -2.43. The van der Waals surface area contributed by atoms with Crippen LogP contribution < -0.4 is 0 Å². The van der Waals surface area contributed by atoms with Crippen molar-refractivity contribution in [3.05, 3.63) is 77.1 Å². The van der Waals surface area contributed by atoms with E-state index in [9.17, 15) is 0 Å². The van der Waals surface area contributed by atoms with Crippen LogP contribution in [0, 0.1) is 0 Å². The molecule has 1 heterocycles. The standard InChI is InChI=1S/C26H29NO2/c1-28-25(29-2)18-26(27-16-5-6-17-27)15-7-10-23-22-12-11-19-8-3-4-9-20(19)21(22)13-14-24(23)26/h3,5-6,8,11-14,16-17,25H,4,7,9-10,15,18H2,1-2H3/t26-/m0/s1.